The minimum atomic E-state index is -1.96. The van der Waals surface area contributed by atoms with Crippen LogP contribution in [-0.4, -0.2) is 67.9 Å². The van der Waals surface area contributed by atoms with Gasteiger partial charge in [0.05, 0.1) is 18.8 Å². The van der Waals surface area contributed by atoms with E-state index in [-0.39, 0.29) is 23.8 Å². The number of aliphatic hydroxyl groups is 1. The van der Waals surface area contributed by atoms with Gasteiger partial charge in [-0.25, -0.2) is 4.79 Å². The van der Waals surface area contributed by atoms with Crippen LogP contribution in [-0.2, 0) is 4.43 Å². The molecule has 0 saturated carbocycles. The normalized spacial score (nSPS) is 24.9. The summed E-state index contributed by atoms with van der Waals surface area (Å²) in [4.78, 5) is 13.1. The molecule has 1 aliphatic heterocycles. The van der Waals surface area contributed by atoms with E-state index in [1.54, 1.807) is 0 Å². The van der Waals surface area contributed by atoms with Gasteiger partial charge in [0, 0.05) is 19.6 Å². The molecule has 0 aromatic heterocycles. The van der Waals surface area contributed by atoms with Crippen LogP contribution in [0.1, 0.15) is 27.2 Å². The Labute approximate surface area is 128 Å². The third-order valence-electron chi connectivity index (χ3n) is 4.62. The topological polar surface area (TPSA) is 82.0 Å². The second-order valence-electron chi connectivity index (χ2n) is 7.29. The predicted molar refractivity (Wildman–Crippen MR) is 85.2 cm³/mol. The molecule has 1 rings (SSSR count). The Bertz CT molecular complexity index is 357. The lowest BCUT2D eigenvalue weighted by Crippen LogP contribution is -2.59. The average molecular weight is 318 g/mol. The molecule has 0 aromatic rings. The van der Waals surface area contributed by atoms with Crippen molar-refractivity contribution in [2.75, 3.05) is 26.2 Å². The number of likely N-dealkylation sites (tertiary alicyclic amines) is 1. The van der Waals surface area contributed by atoms with Gasteiger partial charge in [0.2, 0.25) is 0 Å². The molecule has 2 unspecified atom stereocenters. The molecule has 0 radical (unpaired) electrons. The Kier molecular flexibility index (Phi) is 6.21. The van der Waals surface area contributed by atoms with Gasteiger partial charge in [0.15, 0.2) is 8.32 Å². The van der Waals surface area contributed by atoms with Crippen LogP contribution in [0.3, 0.4) is 0 Å². The molecule has 0 bridgehead atoms. The van der Waals surface area contributed by atoms with Crippen LogP contribution < -0.4 is 5.32 Å². The van der Waals surface area contributed by atoms with Crippen molar-refractivity contribution in [1.29, 1.82) is 0 Å². The van der Waals surface area contributed by atoms with Crippen molar-refractivity contribution in [2.45, 2.75) is 57.5 Å². The highest BCUT2D eigenvalue weighted by Crippen LogP contribution is 2.38. The van der Waals surface area contributed by atoms with Crippen molar-refractivity contribution in [1.82, 2.24) is 10.2 Å². The Hall–Kier alpha value is -0.633. The lowest BCUT2D eigenvalue weighted by atomic mass is 10.0. The number of nitrogens with one attached hydrogen (secondary N) is 1. The van der Waals surface area contributed by atoms with E-state index < -0.39 is 14.4 Å². The number of hydrogen-bond acceptors (Lipinski definition) is 4. The molecular formula is C14H30N2O4Si. The number of carboxylic acid groups (broad SMARTS) is 1. The molecule has 124 valence electrons. The van der Waals surface area contributed by atoms with E-state index in [0.29, 0.717) is 19.5 Å². The summed E-state index contributed by atoms with van der Waals surface area (Å²) in [5.41, 5.74) is 0. The summed E-state index contributed by atoms with van der Waals surface area (Å²) >= 11 is 0. The van der Waals surface area contributed by atoms with Gasteiger partial charge >= 0.3 is 6.09 Å². The molecule has 7 heteroatoms. The number of piperidine rings is 1. The Balaban J connectivity index is 2.80. The van der Waals surface area contributed by atoms with Crippen molar-refractivity contribution in [3.63, 3.8) is 0 Å². The number of aliphatic hydroxyl groups excluding tert-OH is 1. The molecule has 1 saturated heterocycles. The fourth-order valence-electron chi connectivity index (χ4n) is 2.32. The molecule has 2 atom stereocenters. The fraction of sp³-hybridized carbons (Fsp3) is 0.929. The lowest BCUT2D eigenvalue weighted by Gasteiger charge is -2.45. The summed E-state index contributed by atoms with van der Waals surface area (Å²) in [5.74, 6) is 0. The van der Waals surface area contributed by atoms with Gasteiger partial charge in [-0.1, -0.05) is 20.8 Å². The first kappa shape index (κ1) is 18.4. The molecule has 1 aliphatic rings. The van der Waals surface area contributed by atoms with E-state index in [1.807, 2.05) is 0 Å². The zero-order valence-electron chi connectivity index (χ0n) is 13.8. The second-order valence-corrected chi connectivity index (χ2v) is 12.0. The maximum absolute atomic E-state index is 11.0. The SMILES string of the molecule is CC(C)(C)[Si](C)(C)OC1CN(CCO)CCC1NC(=O)O. The van der Waals surface area contributed by atoms with Gasteiger partial charge in [-0.3, -0.25) is 4.90 Å². The van der Waals surface area contributed by atoms with Gasteiger partial charge in [-0.05, 0) is 24.6 Å². The minimum Gasteiger partial charge on any atom is -0.465 e. The van der Waals surface area contributed by atoms with Gasteiger partial charge in [0.1, 0.15) is 0 Å². The summed E-state index contributed by atoms with van der Waals surface area (Å²) in [6.07, 6.45) is -0.437. The fourth-order valence-corrected chi connectivity index (χ4v) is 3.67. The molecule has 3 N–H and O–H groups in total. The molecule has 6 nitrogen and oxygen atoms in total. The van der Waals surface area contributed by atoms with Gasteiger partial charge in [-0.2, -0.15) is 0 Å². The van der Waals surface area contributed by atoms with Gasteiger partial charge < -0.3 is 20.0 Å². The highest BCUT2D eigenvalue weighted by Gasteiger charge is 2.42. The third-order valence-corrected chi connectivity index (χ3v) is 9.12. The van der Waals surface area contributed by atoms with Crippen LogP contribution in [0.4, 0.5) is 4.79 Å². The van der Waals surface area contributed by atoms with Crippen LogP contribution >= 0.6 is 0 Å². The minimum absolute atomic E-state index is 0.0834. The van der Waals surface area contributed by atoms with E-state index in [9.17, 15) is 4.79 Å². The summed E-state index contributed by atoms with van der Waals surface area (Å²) in [7, 11) is -1.96. The average Bonchev–Trinajstić information content (AvgIpc) is 2.30. The number of β-amino-alcohol motifs (C(OH)–C–C–N with tert-alkyl or cyclic N) is 1. The first-order chi connectivity index (χ1) is 9.56. The number of hydrogen-bond donors (Lipinski definition) is 3. The van der Waals surface area contributed by atoms with Gasteiger partial charge in [0.25, 0.3) is 0 Å². The predicted octanol–water partition coefficient (Wildman–Crippen LogP) is 1.71. The first-order valence-corrected chi connectivity index (χ1v) is 10.5. The number of carbonyl (C=O) groups is 1. The number of amides is 1. The lowest BCUT2D eigenvalue weighted by molar-refractivity contribution is 0.0410. The zero-order chi connectivity index (χ0) is 16.3. The van der Waals surface area contributed by atoms with Crippen LogP contribution in [0.15, 0.2) is 0 Å². The van der Waals surface area contributed by atoms with Crippen molar-refractivity contribution in [3.05, 3.63) is 0 Å². The smallest absolute Gasteiger partial charge is 0.404 e. The number of rotatable bonds is 5. The third kappa shape index (κ3) is 5.25. The molecular weight excluding hydrogens is 288 g/mol. The van der Waals surface area contributed by atoms with Crippen molar-refractivity contribution >= 4 is 14.4 Å². The van der Waals surface area contributed by atoms with E-state index in [2.05, 4.69) is 44.1 Å². The van der Waals surface area contributed by atoms with Crippen LogP contribution in [0.25, 0.3) is 0 Å². The molecule has 1 amide bonds. The quantitative estimate of drug-likeness (QED) is 0.672. The summed E-state index contributed by atoms with van der Waals surface area (Å²) in [5, 5.41) is 20.8. The highest BCUT2D eigenvalue weighted by atomic mass is 28.4. The van der Waals surface area contributed by atoms with Gasteiger partial charge in [-0.15, -0.1) is 0 Å². The van der Waals surface area contributed by atoms with Crippen LogP contribution in [0, 0.1) is 0 Å². The van der Waals surface area contributed by atoms with E-state index in [1.165, 1.54) is 0 Å². The summed E-state index contributed by atoms with van der Waals surface area (Å²) in [6.45, 7) is 13.0. The van der Waals surface area contributed by atoms with Crippen molar-refractivity contribution in [2.24, 2.45) is 0 Å². The molecule has 0 spiro atoms. The van der Waals surface area contributed by atoms with Crippen molar-refractivity contribution in [3.8, 4) is 0 Å². The van der Waals surface area contributed by atoms with E-state index in [0.717, 1.165) is 6.54 Å². The first-order valence-electron chi connectivity index (χ1n) is 7.57. The second kappa shape index (κ2) is 7.08. The number of nitrogens with zero attached hydrogens (tertiary/aromatic N) is 1. The highest BCUT2D eigenvalue weighted by molar-refractivity contribution is 6.74. The van der Waals surface area contributed by atoms with Crippen molar-refractivity contribution < 1.29 is 19.4 Å². The summed E-state index contributed by atoms with van der Waals surface area (Å²) < 4.78 is 6.42. The van der Waals surface area contributed by atoms with Crippen LogP contribution in [0.2, 0.25) is 18.1 Å². The summed E-state index contributed by atoms with van der Waals surface area (Å²) in [6, 6.07) is -0.174. The standard InChI is InChI=1S/C14H30N2O4Si/c1-14(2,3)21(4,5)20-12-10-16(8-9-17)7-6-11(12)15-13(18)19/h11-12,15,17H,6-10H2,1-5H3,(H,18,19). The maximum atomic E-state index is 11.0. The maximum Gasteiger partial charge on any atom is 0.404 e. The zero-order valence-corrected chi connectivity index (χ0v) is 14.8. The molecule has 0 aromatic carbocycles. The Morgan fingerprint density at radius 1 is 1.43 bits per heavy atom. The molecule has 1 heterocycles. The molecule has 0 aliphatic carbocycles. The van der Waals surface area contributed by atoms with E-state index >= 15 is 0 Å². The largest absolute Gasteiger partial charge is 0.465 e. The van der Waals surface area contributed by atoms with Crippen LogP contribution in [0.5, 0.6) is 0 Å². The Morgan fingerprint density at radius 2 is 2.05 bits per heavy atom. The molecule has 21 heavy (non-hydrogen) atoms. The monoisotopic (exact) mass is 318 g/mol. The van der Waals surface area contributed by atoms with E-state index in [4.69, 9.17) is 14.6 Å². The molecule has 1 fully saturated rings. The Morgan fingerprint density at radius 3 is 2.52 bits per heavy atom.